The number of likely N-dealkylation sites (tertiary alicyclic amines) is 1. The Morgan fingerprint density at radius 2 is 1.88 bits per heavy atom. The lowest BCUT2D eigenvalue weighted by atomic mass is 10.1. The van der Waals surface area contributed by atoms with Gasteiger partial charge in [0.05, 0.1) is 28.5 Å². The van der Waals surface area contributed by atoms with Gasteiger partial charge in [-0.25, -0.2) is 0 Å². The lowest BCUT2D eigenvalue weighted by Gasteiger charge is -2.25. The molecule has 1 aliphatic rings. The third-order valence-corrected chi connectivity index (χ3v) is 4.49. The maximum atomic E-state index is 12.7. The molecule has 7 heteroatoms. The molecular weight excluding hydrogens is 318 g/mol. The molecular formula is C18H17N5O2. The molecule has 3 aromatic rings. The summed E-state index contributed by atoms with van der Waals surface area (Å²) in [5.74, 6) is -0.968. The van der Waals surface area contributed by atoms with Gasteiger partial charge in [-0.05, 0) is 25.3 Å². The van der Waals surface area contributed by atoms with Gasteiger partial charge in [-0.1, -0.05) is 0 Å². The SMILES string of the molecule is O=C(C(=O)N1CCCCC1)c1c[nH]c2c(-c3cnccn3)ccnc12. The van der Waals surface area contributed by atoms with E-state index in [1.807, 2.05) is 6.07 Å². The smallest absolute Gasteiger partial charge is 0.295 e. The van der Waals surface area contributed by atoms with Crippen LogP contribution in [0.25, 0.3) is 22.3 Å². The van der Waals surface area contributed by atoms with E-state index in [0.29, 0.717) is 35.4 Å². The number of H-pyrrole nitrogens is 1. The van der Waals surface area contributed by atoms with Crippen LogP contribution in [0.2, 0.25) is 0 Å². The Hall–Kier alpha value is -3.09. The summed E-state index contributed by atoms with van der Waals surface area (Å²) in [6.07, 6.45) is 11.0. The van der Waals surface area contributed by atoms with Gasteiger partial charge in [0.25, 0.3) is 11.7 Å². The van der Waals surface area contributed by atoms with E-state index in [1.165, 1.54) is 0 Å². The summed E-state index contributed by atoms with van der Waals surface area (Å²) in [5.41, 5.74) is 2.94. The van der Waals surface area contributed by atoms with Gasteiger partial charge in [-0.15, -0.1) is 0 Å². The van der Waals surface area contributed by atoms with E-state index in [4.69, 9.17) is 0 Å². The molecule has 1 amide bonds. The van der Waals surface area contributed by atoms with Crippen LogP contribution in [0.1, 0.15) is 29.6 Å². The van der Waals surface area contributed by atoms with E-state index in [9.17, 15) is 9.59 Å². The van der Waals surface area contributed by atoms with Gasteiger partial charge in [0.15, 0.2) is 0 Å². The van der Waals surface area contributed by atoms with Crippen LogP contribution in [-0.4, -0.2) is 49.6 Å². The van der Waals surface area contributed by atoms with Crippen LogP contribution in [0.3, 0.4) is 0 Å². The zero-order valence-electron chi connectivity index (χ0n) is 13.6. The van der Waals surface area contributed by atoms with E-state index < -0.39 is 11.7 Å². The highest BCUT2D eigenvalue weighted by Crippen LogP contribution is 2.27. The van der Waals surface area contributed by atoms with Crippen molar-refractivity contribution in [2.24, 2.45) is 0 Å². The molecule has 0 bridgehead atoms. The predicted octanol–water partition coefficient (Wildman–Crippen LogP) is 2.22. The molecule has 1 aliphatic heterocycles. The fourth-order valence-corrected chi connectivity index (χ4v) is 3.21. The quantitative estimate of drug-likeness (QED) is 0.585. The van der Waals surface area contributed by atoms with Gasteiger partial charge in [0.1, 0.15) is 0 Å². The molecule has 0 atom stereocenters. The van der Waals surface area contributed by atoms with Crippen LogP contribution in [0, 0.1) is 0 Å². The first-order valence-electron chi connectivity index (χ1n) is 8.32. The molecule has 0 aliphatic carbocycles. The molecule has 1 N–H and O–H groups in total. The maximum Gasteiger partial charge on any atom is 0.295 e. The average Bonchev–Trinajstić information content (AvgIpc) is 3.12. The van der Waals surface area contributed by atoms with Crippen LogP contribution in [0.4, 0.5) is 0 Å². The fraction of sp³-hybridized carbons (Fsp3) is 0.278. The Bertz CT molecular complexity index is 929. The molecule has 0 saturated carbocycles. The lowest BCUT2D eigenvalue weighted by molar-refractivity contribution is -0.127. The zero-order chi connectivity index (χ0) is 17.2. The Labute approximate surface area is 144 Å². The molecule has 3 aromatic heterocycles. The molecule has 126 valence electrons. The number of fused-ring (bicyclic) bond motifs is 1. The molecule has 1 saturated heterocycles. The minimum atomic E-state index is -0.517. The lowest BCUT2D eigenvalue weighted by Crippen LogP contribution is -2.40. The third-order valence-electron chi connectivity index (χ3n) is 4.49. The number of nitrogens with one attached hydrogen (secondary N) is 1. The average molecular weight is 335 g/mol. The summed E-state index contributed by atoms with van der Waals surface area (Å²) >= 11 is 0. The monoisotopic (exact) mass is 335 g/mol. The number of nitrogens with zero attached hydrogens (tertiary/aromatic N) is 4. The van der Waals surface area contributed by atoms with Gasteiger partial charge in [0, 0.05) is 43.4 Å². The fourth-order valence-electron chi connectivity index (χ4n) is 3.21. The second-order valence-corrected chi connectivity index (χ2v) is 6.06. The first-order valence-corrected chi connectivity index (χ1v) is 8.32. The van der Waals surface area contributed by atoms with Crippen LogP contribution < -0.4 is 0 Å². The Morgan fingerprint density at radius 1 is 1.04 bits per heavy atom. The van der Waals surface area contributed by atoms with Crippen molar-refractivity contribution in [3.8, 4) is 11.3 Å². The first-order chi connectivity index (χ1) is 12.3. The van der Waals surface area contributed by atoms with Crippen molar-refractivity contribution in [2.45, 2.75) is 19.3 Å². The number of piperidine rings is 1. The van der Waals surface area contributed by atoms with E-state index >= 15 is 0 Å². The van der Waals surface area contributed by atoms with Gasteiger partial charge in [-0.3, -0.25) is 24.5 Å². The maximum absolute atomic E-state index is 12.7. The number of aromatic amines is 1. The summed E-state index contributed by atoms with van der Waals surface area (Å²) in [6.45, 7) is 1.29. The van der Waals surface area contributed by atoms with Crippen LogP contribution in [-0.2, 0) is 4.79 Å². The van der Waals surface area contributed by atoms with Gasteiger partial charge in [0.2, 0.25) is 0 Å². The van der Waals surface area contributed by atoms with Crippen molar-refractivity contribution in [1.82, 2.24) is 24.8 Å². The van der Waals surface area contributed by atoms with E-state index in [0.717, 1.165) is 24.8 Å². The molecule has 0 unspecified atom stereocenters. The molecule has 4 heterocycles. The Balaban J connectivity index is 1.72. The number of aromatic nitrogens is 4. The zero-order valence-corrected chi connectivity index (χ0v) is 13.6. The number of rotatable bonds is 3. The van der Waals surface area contributed by atoms with Crippen molar-refractivity contribution in [2.75, 3.05) is 13.1 Å². The van der Waals surface area contributed by atoms with Crippen molar-refractivity contribution in [3.63, 3.8) is 0 Å². The van der Waals surface area contributed by atoms with Crippen LogP contribution >= 0.6 is 0 Å². The van der Waals surface area contributed by atoms with E-state index in [1.54, 1.807) is 35.9 Å². The second kappa shape index (κ2) is 6.43. The van der Waals surface area contributed by atoms with Crippen LogP contribution in [0.5, 0.6) is 0 Å². The molecule has 25 heavy (non-hydrogen) atoms. The van der Waals surface area contributed by atoms with Gasteiger partial charge in [-0.2, -0.15) is 0 Å². The van der Waals surface area contributed by atoms with Crippen molar-refractivity contribution >= 4 is 22.7 Å². The van der Waals surface area contributed by atoms with Crippen molar-refractivity contribution in [1.29, 1.82) is 0 Å². The Morgan fingerprint density at radius 3 is 2.64 bits per heavy atom. The summed E-state index contributed by atoms with van der Waals surface area (Å²) in [6, 6.07) is 1.81. The second-order valence-electron chi connectivity index (χ2n) is 6.06. The number of hydrogen-bond donors (Lipinski definition) is 1. The van der Waals surface area contributed by atoms with E-state index in [2.05, 4.69) is 19.9 Å². The molecule has 1 fully saturated rings. The largest absolute Gasteiger partial charge is 0.359 e. The summed E-state index contributed by atoms with van der Waals surface area (Å²) in [7, 11) is 0. The van der Waals surface area contributed by atoms with Gasteiger partial charge < -0.3 is 9.88 Å². The number of Topliss-reactive ketones (excluding diaryl/α,β-unsaturated/α-hetero) is 1. The summed E-state index contributed by atoms with van der Waals surface area (Å²) in [5, 5.41) is 0. The van der Waals surface area contributed by atoms with Gasteiger partial charge >= 0.3 is 0 Å². The molecule has 4 rings (SSSR count). The number of pyridine rings is 1. The highest BCUT2D eigenvalue weighted by atomic mass is 16.2. The van der Waals surface area contributed by atoms with E-state index in [-0.39, 0.29) is 0 Å². The minimum Gasteiger partial charge on any atom is -0.359 e. The van der Waals surface area contributed by atoms with Crippen LogP contribution in [0.15, 0.2) is 37.1 Å². The molecule has 7 nitrogen and oxygen atoms in total. The third kappa shape index (κ3) is 2.77. The number of hydrogen-bond acceptors (Lipinski definition) is 5. The predicted molar refractivity (Wildman–Crippen MR) is 91.9 cm³/mol. The number of carbonyl (C=O) groups is 2. The molecule has 0 spiro atoms. The summed E-state index contributed by atoms with van der Waals surface area (Å²) in [4.78, 5) is 42.6. The molecule has 0 radical (unpaired) electrons. The number of ketones is 1. The minimum absolute atomic E-state index is 0.302. The van der Waals surface area contributed by atoms with Crippen molar-refractivity contribution in [3.05, 3.63) is 42.6 Å². The standard InChI is InChI=1S/C18H17N5O2/c24-17(18(25)23-8-2-1-3-9-23)13-10-22-15-12(4-5-21-16(13)15)14-11-19-6-7-20-14/h4-7,10-11,22H,1-3,8-9H2. The highest BCUT2D eigenvalue weighted by molar-refractivity contribution is 6.44. The topological polar surface area (TPSA) is 91.8 Å². The van der Waals surface area contributed by atoms with Crippen molar-refractivity contribution < 1.29 is 9.59 Å². The number of amides is 1. The number of carbonyl (C=O) groups excluding carboxylic acids is 2. The highest BCUT2D eigenvalue weighted by Gasteiger charge is 2.27. The molecule has 0 aromatic carbocycles. The normalized spacial score (nSPS) is 14.6. The Kier molecular flexibility index (Phi) is 3.97. The first kappa shape index (κ1) is 15.4. The summed E-state index contributed by atoms with van der Waals surface area (Å²) < 4.78 is 0.